The highest BCUT2D eigenvalue weighted by atomic mass is 16.5. The standard InChI is InChI=1S/C12H22O2/c1-4-14-12-7-10(8-12)6-11(13)5-9(2)3/h5,10-13H,4,6-8H2,1-3H3. The van der Waals surface area contributed by atoms with Gasteiger partial charge in [0, 0.05) is 6.61 Å². The first kappa shape index (κ1) is 11.7. The van der Waals surface area contributed by atoms with Crippen LogP contribution in [0.2, 0.25) is 0 Å². The van der Waals surface area contributed by atoms with Gasteiger partial charge in [-0.3, -0.25) is 0 Å². The molecule has 0 spiro atoms. The fourth-order valence-electron chi connectivity index (χ4n) is 2.03. The molecule has 1 saturated carbocycles. The highest BCUT2D eigenvalue weighted by Crippen LogP contribution is 2.33. The van der Waals surface area contributed by atoms with Crippen LogP contribution in [0, 0.1) is 5.92 Å². The van der Waals surface area contributed by atoms with Gasteiger partial charge in [-0.15, -0.1) is 0 Å². The van der Waals surface area contributed by atoms with E-state index in [4.69, 9.17) is 4.74 Å². The molecule has 0 aromatic heterocycles. The summed E-state index contributed by atoms with van der Waals surface area (Å²) in [6, 6.07) is 0. The molecule has 0 heterocycles. The average molecular weight is 198 g/mol. The van der Waals surface area contributed by atoms with Gasteiger partial charge < -0.3 is 9.84 Å². The van der Waals surface area contributed by atoms with Crippen LogP contribution >= 0.6 is 0 Å². The molecule has 0 saturated heterocycles. The molecule has 0 radical (unpaired) electrons. The zero-order valence-corrected chi connectivity index (χ0v) is 9.49. The van der Waals surface area contributed by atoms with Crippen LogP contribution in [0.4, 0.5) is 0 Å². The number of ether oxygens (including phenoxy) is 1. The van der Waals surface area contributed by atoms with Crippen molar-refractivity contribution in [3.8, 4) is 0 Å². The lowest BCUT2D eigenvalue weighted by atomic mass is 9.78. The third-order valence-corrected chi connectivity index (χ3v) is 2.70. The van der Waals surface area contributed by atoms with Crippen molar-refractivity contribution in [3.63, 3.8) is 0 Å². The number of aliphatic hydroxyl groups is 1. The van der Waals surface area contributed by atoms with Crippen LogP contribution in [0.1, 0.15) is 40.0 Å². The van der Waals surface area contributed by atoms with E-state index in [1.54, 1.807) is 0 Å². The van der Waals surface area contributed by atoms with Crippen molar-refractivity contribution < 1.29 is 9.84 Å². The molecule has 1 rings (SSSR count). The number of aliphatic hydroxyl groups excluding tert-OH is 1. The molecule has 2 nitrogen and oxygen atoms in total. The Hall–Kier alpha value is -0.340. The smallest absolute Gasteiger partial charge is 0.0726 e. The van der Waals surface area contributed by atoms with E-state index in [0.717, 1.165) is 25.9 Å². The Kier molecular flexibility index (Phi) is 4.63. The van der Waals surface area contributed by atoms with E-state index >= 15 is 0 Å². The molecule has 1 unspecified atom stereocenters. The summed E-state index contributed by atoms with van der Waals surface area (Å²) in [4.78, 5) is 0. The second-order valence-corrected chi connectivity index (χ2v) is 4.46. The van der Waals surface area contributed by atoms with E-state index in [0.29, 0.717) is 12.0 Å². The van der Waals surface area contributed by atoms with E-state index in [-0.39, 0.29) is 6.10 Å². The van der Waals surface area contributed by atoms with Gasteiger partial charge in [-0.1, -0.05) is 11.6 Å². The summed E-state index contributed by atoms with van der Waals surface area (Å²) >= 11 is 0. The summed E-state index contributed by atoms with van der Waals surface area (Å²) in [6.07, 6.45) is 5.29. The minimum atomic E-state index is -0.257. The van der Waals surface area contributed by atoms with E-state index < -0.39 is 0 Å². The van der Waals surface area contributed by atoms with Crippen molar-refractivity contribution in [2.75, 3.05) is 6.61 Å². The first-order valence-electron chi connectivity index (χ1n) is 5.56. The molecule has 0 aromatic carbocycles. The average Bonchev–Trinajstić information content (AvgIpc) is 1.99. The van der Waals surface area contributed by atoms with Gasteiger partial charge in [0.1, 0.15) is 0 Å². The van der Waals surface area contributed by atoms with Crippen molar-refractivity contribution in [2.45, 2.75) is 52.2 Å². The lowest BCUT2D eigenvalue weighted by Crippen LogP contribution is -2.33. The summed E-state index contributed by atoms with van der Waals surface area (Å²) in [5.74, 6) is 0.664. The van der Waals surface area contributed by atoms with Crippen LogP contribution in [0.25, 0.3) is 0 Å². The van der Waals surface area contributed by atoms with Gasteiger partial charge in [-0.2, -0.15) is 0 Å². The normalized spacial score (nSPS) is 28.0. The molecule has 82 valence electrons. The third kappa shape index (κ3) is 3.81. The minimum Gasteiger partial charge on any atom is -0.389 e. The fraction of sp³-hybridized carbons (Fsp3) is 0.833. The van der Waals surface area contributed by atoms with Crippen LogP contribution in [-0.2, 0) is 4.74 Å². The summed E-state index contributed by atoms with van der Waals surface area (Å²) < 4.78 is 5.47. The van der Waals surface area contributed by atoms with Crippen LogP contribution in [-0.4, -0.2) is 23.9 Å². The molecule has 14 heavy (non-hydrogen) atoms. The Balaban J connectivity index is 2.13. The van der Waals surface area contributed by atoms with Crippen molar-refractivity contribution >= 4 is 0 Å². The van der Waals surface area contributed by atoms with Gasteiger partial charge >= 0.3 is 0 Å². The molecule has 1 atom stereocenters. The van der Waals surface area contributed by atoms with Gasteiger partial charge in [0.15, 0.2) is 0 Å². The Labute approximate surface area is 87.0 Å². The number of hydrogen-bond donors (Lipinski definition) is 1. The second-order valence-electron chi connectivity index (χ2n) is 4.46. The fourth-order valence-corrected chi connectivity index (χ4v) is 2.03. The van der Waals surface area contributed by atoms with Crippen molar-refractivity contribution in [2.24, 2.45) is 5.92 Å². The molecule has 1 aliphatic rings. The Morgan fingerprint density at radius 3 is 2.64 bits per heavy atom. The minimum absolute atomic E-state index is 0.257. The largest absolute Gasteiger partial charge is 0.389 e. The van der Waals surface area contributed by atoms with Crippen LogP contribution in [0.5, 0.6) is 0 Å². The number of hydrogen-bond acceptors (Lipinski definition) is 2. The highest BCUT2D eigenvalue weighted by Gasteiger charge is 2.30. The highest BCUT2D eigenvalue weighted by molar-refractivity contribution is 4.99. The van der Waals surface area contributed by atoms with Crippen molar-refractivity contribution in [1.82, 2.24) is 0 Å². The molecule has 0 amide bonds. The molecule has 0 bridgehead atoms. The molecular weight excluding hydrogens is 176 g/mol. The van der Waals surface area contributed by atoms with Crippen LogP contribution < -0.4 is 0 Å². The molecule has 1 N–H and O–H groups in total. The first-order valence-corrected chi connectivity index (χ1v) is 5.56. The Bertz CT molecular complexity index is 188. The summed E-state index contributed by atoms with van der Waals surface area (Å²) in [7, 11) is 0. The molecule has 0 aliphatic heterocycles. The number of allylic oxidation sites excluding steroid dienone is 1. The monoisotopic (exact) mass is 198 g/mol. The maximum absolute atomic E-state index is 9.65. The van der Waals surface area contributed by atoms with Gasteiger partial charge in [-0.05, 0) is 46.0 Å². The molecule has 0 aromatic rings. The zero-order valence-electron chi connectivity index (χ0n) is 9.49. The SMILES string of the molecule is CCOC1CC(CC(O)C=C(C)C)C1. The lowest BCUT2D eigenvalue weighted by Gasteiger charge is -2.35. The predicted octanol–water partition coefficient (Wildman–Crippen LogP) is 2.52. The summed E-state index contributed by atoms with van der Waals surface area (Å²) in [5, 5.41) is 9.65. The molecule has 2 heteroatoms. The van der Waals surface area contributed by atoms with E-state index in [1.807, 2.05) is 26.8 Å². The molecule has 1 aliphatic carbocycles. The zero-order chi connectivity index (χ0) is 10.6. The second kappa shape index (κ2) is 5.52. The Morgan fingerprint density at radius 1 is 1.50 bits per heavy atom. The quantitative estimate of drug-likeness (QED) is 0.688. The van der Waals surface area contributed by atoms with E-state index in [2.05, 4.69) is 0 Å². The lowest BCUT2D eigenvalue weighted by molar-refractivity contribution is -0.0342. The van der Waals surface area contributed by atoms with Gasteiger partial charge in [0.05, 0.1) is 12.2 Å². The Morgan fingerprint density at radius 2 is 2.14 bits per heavy atom. The molecule has 1 fully saturated rings. The molecular formula is C12H22O2. The first-order chi connectivity index (χ1) is 6.61. The summed E-state index contributed by atoms with van der Waals surface area (Å²) in [6.45, 7) is 6.89. The topological polar surface area (TPSA) is 29.5 Å². The van der Waals surface area contributed by atoms with Crippen LogP contribution in [0.3, 0.4) is 0 Å². The maximum atomic E-state index is 9.65. The van der Waals surface area contributed by atoms with Gasteiger partial charge in [0.2, 0.25) is 0 Å². The third-order valence-electron chi connectivity index (χ3n) is 2.70. The summed E-state index contributed by atoms with van der Waals surface area (Å²) in [5.41, 5.74) is 1.19. The van der Waals surface area contributed by atoms with E-state index in [9.17, 15) is 5.11 Å². The van der Waals surface area contributed by atoms with Gasteiger partial charge in [-0.25, -0.2) is 0 Å². The van der Waals surface area contributed by atoms with Crippen molar-refractivity contribution in [3.05, 3.63) is 11.6 Å². The van der Waals surface area contributed by atoms with E-state index in [1.165, 1.54) is 5.57 Å². The number of rotatable bonds is 5. The van der Waals surface area contributed by atoms with Gasteiger partial charge in [0.25, 0.3) is 0 Å². The maximum Gasteiger partial charge on any atom is 0.0726 e. The van der Waals surface area contributed by atoms with Crippen molar-refractivity contribution in [1.29, 1.82) is 0 Å². The predicted molar refractivity (Wildman–Crippen MR) is 58.2 cm³/mol. The van der Waals surface area contributed by atoms with Crippen LogP contribution in [0.15, 0.2) is 11.6 Å².